The molecule has 0 saturated heterocycles. The van der Waals surface area contributed by atoms with Gasteiger partial charge in [0.05, 0.1) is 23.0 Å². The van der Waals surface area contributed by atoms with Gasteiger partial charge in [0, 0.05) is 27.7 Å². The molecular weight excluding hydrogens is 643 g/mol. The van der Waals surface area contributed by atoms with Crippen LogP contribution in [0.3, 0.4) is 0 Å². The molecule has 0 amide bonds. The summed E-state index contributed by atoms with van der Waals surface area (Å²) < 4.78 is 0. The van der Waals surface area contributed by atoms with E-state index in [4.69, 9.17) is 9.97 Å². The molecular formula is C50H35N3. The van der Waals surface area contributed by atoms with E-state index in [0.29, 0.717) is 5.82 Å². The normalized spacial score (nSPS) is 12.5. The second-order valence-electron chi connectivity index (χ2n) is 14.2. The molecule has 0 spiro atoms. The monoisotopic (exact) mass is 677 g/mol. The van der Waals surface area contributed by atoms with E-state index < -0.39 is 0 Å². The maximum absolute atomic E-state index is 9.86. The highest BCUT2D eigenvalue weighted by Gasteiger charge is 2.37. The van der Waals surface area contributed by atoms with Crippen molar-refractivity contribution in [1.29, 1.82) is 5.26 Å². The summed E-state index contributed by atoms with van der Waals surface area (Å²) in [7, 11) is 0. The lowest BCUT2D eigenvalue weighted by Gasteiger charge is -2.22. The minimum atomic E-state index is -0.198. The van der Waals surface area contributed by atoms with Crippen molar-refractivity contribution in [3.8, 4) is 84.5 Å². The molecule has 7 aromatic carbocycles. The highest BCUT2D eigenvalue weighted by Crippen LogP contribution is 2.50. The van der Waals surface area contributed by atoms with Gasteiger partial charge in [-0.2, -0.15) is 5.26 Å². The van der Waals surface area contributed by atoms with Crippen LogP contribution in [0.25, 0.3) is 78.4 Å². The summed E-state index contributed by atoms with van der Waals surface area (Å²) in [6.07, 6.45) is 0. The van der Waals surface area contributed by atoms with Crippen LogP contribution in [-0.4, -0.2) is 9.97 Å². The molecule has 0 bridgehead atoms. The zero-order chi connectivity index (χ0) is 35.9. The molecule has 1 aromatic heterocycles. The fraction of sp³-hybridized carbons (Fsp3) is 0.0600. The fourth-order valence-corrected chi connectivity index (χ4v) is 7.67. The van der Waals surface area contributed by atoms with Gasteiger partial charge in [0.2, 0.25) is 0 Å². The zero-order valence-corrected chi connectivity index (χ0v) is 29.6. The Morgan fingerprint density at radius 1 is 0.415 bits per heavy atom. The molecule has 1 heterocycles. The predicted molar refractivity (Wildman–Crippen MR) is 217 cm³/mol. The van der Waals surface area contributed by atoms with Crippen molar-refractivity contribution >= 4 is 0 Å². The second-order valence-corrected chi connectivity index (χ2v) is 14.2. The van der Waals surface area contributed by atoms with E-state index in [9.17, 15) is 5.26 Å². The van der Waals surface area contributed by atoms with Crippen molar-refractivity contribution in [3.05, 3.63) is 193 Å². The molecule has 3 nitrogen and oxygen atoms in total. The Hall–Kier alpha value is -6.89. The second kappa shape index (κ2) is 13.0. The minimum absolute atomic E-state index is 0.198. The van der Waals surface area contributed by atoms with E-state index >= 15 is 0 Å². The Kier molecular flexibility index (Phi) is 7.87. The summed E-state index contributed by atoms with van der Waals surface area (Å²) in [5.74, 6) is 0.679. The lowest BCUT2D eigenvalue weighted by atomic mass is 9.81. The van der Waals surface area contributed by atoms with Gasteiger partial charge in [-0.25, -0.2) is 9.97 Å². The summed E-state index contributed by atoms with van der Waals surface area (Å²) in [6.45, 7) is 4.50. The summed E-state index contributed by atoms with van der Waals surface area (Å²) in [6, 6.07) is 63.8. The molecule has 53 heavy (non-hydrogen) atoms. The molecule has 0 N–H and O–H groups in total. The summed E-state index contributed by atoms with van der Waals surface area (Å²) in [5, 5.41) is 9.86. The maximum atomic E-state index is 9.86. The Morgan fingerprint density at radius 2 is 0.868 bits per heavy atom. The fourth-order valence-electron chi connectivity index (χ4n) is 7.67. The third-order valence-electron chi connectivity index (χ3n) is 10.6. The van der Waals surface area contributed by atoms with Crippen LogP contribution in [0.5, 0.6) is 0 Å². The number of benzene rings is 7. The van der Waals surface area contributed by atoms with Crippen molar-refractivity contribution in [2.75, 3.05) is 0 Å². The van der Waals surface area contributed by atoms with E-state index in [1.807, 2.05) is 24.3 Å². The van der Waals surface area contributed by atoms with Crippen LogP contribution in [-0.2, 0) is 5.41 Å². The average Bonchev–Trinajstić information content (AvgIpc) is 3.47. The van der Waals surface area contributed by atoms with Gasteiger partial charge in [0.25, 0.3) is 0 Å². The molecule has 1 aliphatic rings. The first kappa shape index (κ1) is 32.0. The Balaban J connectivity index is 1.09. The highest BCUT2D eigenvalue weighted by molar-refractivity contribution is 5.87. The third-order valence-corrected chi connectivity index (χ3v) is 10.6. The van der Waals surface area contributed by atoms with Crippen LogP contribution in [0.15, 0.2) is 176 Å². The molecule has 0 fully saturated rings. The van der Waals surface area contributed by atoms with Gasteiger partial charge in [0.15, 0.2) is 5.82 Å². The zero-order valence-electron chi connectivity index (χ0n) is 29.6. The van der Waals surface area contributed by atoms with Gasteiger partial charge in [-0.05, 0) is 68.3 Å². The summed E-state index contributed by atoms with van der Waals surface area (Å²) in [4.78, 5) is 10.3. The van der Waals surface area contributed by atoms with Gasteiger partial charge in [-0.1, -0.05) is 172 Å². The molecule has 1 aliphatic carbocycles. The van der Waals surface area contributed by atoms with Gasteiger partial charge in [-0.3, -0.25) is 0 Å². The van der Waals surface area contributed by atoms with Gasteiger partial charge < -0.3 is 0 Å². The molecule has 0 atom stereocenters. The number of nitrogens with zero attached hydrogens (tertiary/aromatic N) is 3. The Bertz CT molecular complexity index is 2550. The first-order valence-corrected chi connectivity index (χ1v) is 18.0. The van der Waals surface area contributed by atoms with Crippen molar-refractivity contribution in [2.24, 2.45) is 0 Å². The molecule has 0 radical (unpaired) electrons. The smallest absolute Gasteiger partial charge is 0.160 e. The van der Waals surface area contributed by atoms with Crippen LogP contribution in [0, 0.1) is 11.3 Å². The summed E-state index contributed by atoms with van der Waals surface area (Å²) >= 11 is 0. The van der Waals surface area contributed by atoms with Gasteiger partial charge >= 0.3 is 0 Å². The molecule has 3 heteroatoms. The molecule has 0 unspecified atom stereocenters. The topological polar surface area (TPSA) is 49.6 Å². The van der Waals surface area contributed by atoms with Crippen molar-refractivity contribution in [3.63, 3.8) is 0 Å². The first-order valence-electron chi connectivity index (χ1n) is 18.0. The van der Waals surface area contributed by atoms with E-state index in [-0.39, 0.29) is 5.41 Å². The number of rotatable bonds is 6. The van der Waals surface area contributed by atoms with Gasteiger partial charge in [0.1, 0.15) is 0 Å². The van der Waals surface area contributed by atoms with Crippen LogP contribution in [0.1, 0.15) is 30.5 Å². The molecule has 8 aromatic rings. The molecule has 250 valence electrons. The standard InChI is InChI=1S/C50H35N3/c1-50(2)44-15-9-14-42(32-51)48(44)43-29-28-41(30-45(43)50)37-20-26-40(27-21-37)49-52-46(38-22-16-35(17-23-38)33-10-5-3-6-11-33)31-47(53-49)39-24-18-36(19-25-39)34-12-7-4-8-13-34/h3-31H,1-2H3. The van der Waals surface area contributed by atoms with E-state index in [1.165, 1.54) is 33.4 Å². The molecule has 0 saturated carbocycles. The number of nitriles is 1. The minimum Gasteiger partial charge on any atom is -0.228 e. The number of hydrogen-bond acceptors (Lipinski definition) is 3. The molecule has 0 aliphatic heterocycles. The van der Waals surface area contributed by atoms with Crippen LogP contribution >= 0.6 is 0 Å². The Morgan fingerprint density at radius 3 is 1.40 bits per heavy atom. The maximum Gasteiger partial charge on any atom is 0.160 e. The van der Waals surface area contributed by atoms with E-state index in [2.05, 4.69) is 172 Å². The van der Waals surface area contributed by atoms with Crippen molar-refractivity contribution < 1.29 is 0 Å². The lowest BCUT2D eigenvalue weighted by molar-refractivity contribution is 0.660. The number of fused-ring (bicyclic) bond motifs is 3. The van der Waals surface area contributed by atoms with E-state index in [0.717, 1.165) is 55.9 Å². The third kappa shape index (κ3) is 5.81. The van der Waals surface area contributed by atoms with Crippen LogP contribution in [0.4, 0.5) is 0 Å². The van der Waals surface area contributed by atoms with E-state index in [1.54, 1.807) is 0 Å². The van der Waals surface area contributed by atoms with Crippen molar-refractivity contribution in [2.45, 2.75) is 19.3 Å². The van der Waals surface area contributed by atoms with Crippen LogP contribution in [0.2, 0.25) is 0 Å². The Labute approximate surface area is 310 Å². The average molecular weight is 678 g/mol. The number of hydrogen-bond donors (Lipinski definition) is 0. The quantitative estimate of drug-likeness (QED) is 0.176. The van der Waals surface area contributed by atoms with Crippen molar-refractivity contribution in [1.82, 2.24) is 9.97 Å². The predicted octanol–water partition coefficient (Wildman–Crippen LogP) is 12.7. The SMILES string of the molecule is CC1(C)c2cc(-c3ccc(-c4nc(-c5ccc(-c6ccccc6)cc5)cc(-c5ccc(-c6ccccc6)cc5)n4)cc3)ccc2-c2c(C#N)cccc21. The number of aromatic nitrogens is 2. The highest BCUT2D eigenvalue weighted by atomic mass is 14.9. The van der Waals surface area contributed by atoms with Gasteiger partial charge in [-0.15, -0.1) is 0 Å². The largest absolute Gasteiger partial charge is 0.228 e. The lowest BCUT2D eigenvalue weighted by Crippen LogP contribution is -2.15. The molecule has 9 rings (SSSR count). The summed E-state index contributed by atoms with van der Waals surface area (Å²) in [5.41, 5.74) is 16.9. The van der Waals surface area contributed by atoms with Crippen LogP contribution < -0.4 is 0 Å². The first-order chi connectivity index (χ1) is 26.0.